The van der Waals surface area contributed by atoms with E-state index in [0.29, 0.717) is 0 Å². The maximum atomic E-state index is 5.70. The molecule has 4 aromatic rings. The van der Waals surface area contributed by atoms with E-state index >= 15 is 0 Å². The zero-order valence-corrected chi connectivity index (χ0v) is 14.9. The maximum Gasteiger partial charge on any atom is 0.150 e. The standard InChI is InChI=1S/C18H17N5OS/c1-10-7-12(11(2)24-10)16-13-8-23(5-3-14(13)21-22-16)18-17-15(4-6-25-17)19-9-20-18/h4,6-7,9H,3,5,8H2,1-2H3,(H,21,22). The summed E-state index contributed by atoms with van der Waals surface area (Å²) in [6.45, 7) is 5.66. The molecule has 0 aromatic carbocycles. The highest BCUT2D eigenvalue weighted by atomic mass is 32.1. The lowest BCUT2D eigenvalue weighted by molar-refractivity contribution is 0.505. The lowest BCUT2D eigenvalue weighted by Gasteiger charge is -2.28. The van der Waals surface area contributed by atoms with E-state index in [1.165, 1.54) is 11.3 Å². The number of rotatable bonds is 2. The maximum absolute atomic E-state index is 5.70. The topological polar surface area (TPSA) is 70.8 Å². The SMILES string of the molecule is Cc1cc(-c2n[nH]c3c2CN(c2ncnc4ccsc24)CC3)c(C)o1. The third kappa shape index (κ3) is 2.26. The molecule has 0 atom stereocenters. The lowest BCUT2D eigenvalue weighted by Crippen LogP contribution is -2.31. The van der Waals surface area contributed by atoms with E-state index < -0.39 is 0 Å². The smallest absolute Gasteiger partial charge is 0.150 e. The van der Waals surface area contributed by atoms with Crippen molar-refractivity contribution in [3.05, 3.63) is 46.6 Å². The third-order valence-corrected chi connectivity index (χ3v) is 5.65. The van der Waals surface area contributed by atoms with Crippen LogP contribution >= 0.6 is 11.3 Å². The fraction of sp³-hybridized carbons (Fsp3) is 0.278. The van der Waals surface area contributed by atoms with Crippen molar-refractivity contribution in [2.75, 3.05) is 11.4 Å². The number of anilines is 1. The Morgan fingerprint density at radius 2 is 2.20 bits per heavy atom. The van der Waals surface area contributed by atoms with Crippen molar-refractivity contribution in [1.29, 1.82) is 0 Å². The van der Waals surface area contributed by atoms with Gasteiger partial charge in [-0.3, -0.25) is 5.10 Å². The van der Waals surface area contributed by atoms with Crippen molar-refractivity contribution in [2.45, 2.75) is 26.8 Å². The van der Waals surface area contributed by atoms with Crippen LogP contribution in [-0.2, 0) is 13.0 Å². The van der Waals surface area contributed by atoms with Gasteiger partial charge in [-0.25, -0.2) is 9.97 Å². The number of aromatic nitrogens is 4. The summed E-state index contributed by atoms with van der Waals surface area (Å²) in [6, 6.07) is 4.11. The average Bonchev–Trinajstić information content (AvgIpc) is 3.31. The van der Waals surface area contributed by atoms with Crippen molar-refractivity contribution < 1.29 is 4.42 Å². The van der Waals surface area contributed by atoms with E-state index in [0.717, 1.165) is 58.3 Å². The van der Waals surface area contributed by atoms with E-state index in [-0.39, 0.29) is 0 Å². The fourth-order valence-corrected chi connectivity index (χ4v) is 4.43. The fourth-order valence-electron chi connectivity index (χ4n) is 3.57. The molecule has 0 amide bonds. The van der Waals surface area contributed by atoms with Crippen molar-refractivity contribution in [2.24, 2.45) is 0 Å². The monoisotopic (exact) mass is 351 g/mol. The second kappa shape index (κ2) is 5.42. The van der Waals surface area contributed by atoms with E-state index in [9.17, 15) is 0 Å². The van der Waals surface area contributed by atoms with Crippen LogP contribution in [0.3, 0.4) is 0 Å². The summed E-state index contributed by atoms with van der Waals surface area (Å²) in [5, 5.41) is 9.87. The van der Waals surface area contributed by atoms with Gasteiger partial charge in [0.25, 0.3) is 0 Å². The molecule has 1 N–H and O–H groups in total. The lowest BCUT2D eigenvalue weighted by atomic mass is 10.0. The van der Waals surface area contributed by atoms with E-state index in [1.54, 1.807) is 17.7 Å². The quantitative estimate of drug-likeness (QED) is 0.594. The molecule has 25 heavy (non-hydrogen) atoms. The summed E-state index contributed by atoms with van der Waals surface area (Å²) in [4.78, 5) is 11.2. The molecule has 0 spiro atoms. The summed E-state index contributed by atoms with van der Waals surface area (Å²) in [5.41, 5.74) is 5.51. The minimum absolute atomic E-state index is 0.787. The van der Waals surface area contributed by atoms with Crippen LogP contribution in [0.2, 0.25) is 0 Å². The van der Waals surface area contributed by atoms with Gasteiger partial charge < -0.3 is 9.32 Å². The van der Waals surface area contributed by atoms with E-state index in [1.807, 2.05) is 19.9 Å². The Bertz CT molecular complexity index is 1080. The predicted octanol–water partition coefficient (Wildman–Crippen LogP) is 3.85. The summed E-state index contributed by atoms with van der Waals surface area (Å²) in [6.07, 6.45) is 2.58. The van der Waals surface area contributed by atoms with Crippen molar-refractivity contribution >= 4 is 27.4 Å². The van der Waals surface area contributed by atoms with Gasteiger partial charge in [0, 0.05) is 36.3 Å². The third-order valence-electron chi connectivity index (χ3n) is 4.75. The first kappa shape index (κ1) is 14.7. The number of H-pyrrole nitrogens is 1. The van der Waals surface area contributed by atoms with Crippen LogP contribution < -0.4 is 4.90 Å². The Balaban J connectivity index is 1.57. The predicted molar refractivity (Wildman–Crippen MR) is 97.9 cm³/mol. The highest BCUT2D eigenvalue weighted by Crippen LogP contribution is 2.35. The van der Waals surface area contributed by atoms with Gasteiger partial charge >= 0.3 is 0 Å². The van der Waals surface area contributed by atoms with E-state index in [4.69, 9.17) is 4.42 Å². The van der Waals surface area contributed by atoms with Gasteiger partial charge in [0.15, 0.2) is 0 Å². The summed E-state index contributed by atoms with van der Waals surface area (Å²) in [5.74, 6) is 2.83. The number of aromatic amines is 1. The van der Waals surface area contributed by atoms with Gasteiger partial charge in [-0.05, 0) is 31.4 Å². The summed E-state index contributed by atoms with van der Waals surface area (Å²) >= 11 is 1.69. The first-order chi connectivity index (χ1) is 12.2. The Morgan fingerprint density at radius 3 is 3.04 bits per heavy atom. The highest BCUT2D eigenvalue weighted by molar-refractivity contribution is 7.17. The van der Waals surface area contributed by atoms with Gasteiger partial charge in [0.05, 0.1) is 10.2 Å². The molecule has 0 saturated carbocycles. The largest absolute Gasteiger partial charge is 0.466 e. The normalized spacial score (nSPS) is 14.2. The first-order valence-electron chi connectivity index (χ1n) is 8.27. The summed E-state index contributed by atoms with van der Waals surface area (Å²) in [7, 11) is 0. The minimum Gasteiger partial charge on any atom is -0.466 e. The molecule has 6 nitrogen and oxygen atoms in total. The van der Waals surface area contributed by atoms with Crippen molar-refractivity contribution in [3.63, 3.8) is 0 Å². The molecule has 0 radical (unpaired) electrons. The number of hydrogen-bond donors (Lipinski definition) is 1. The molecule has 0 saturated heterocycles. The first-order valence-corrected chi connectivity index (χ1v) is 9.15. The zero-order chi connectivity index (χ0) is 17.0. The molecule has 0 fully saturated rings. The highest BCUT2D eigenvalue weighted by Gasteiger charge is 2.26. The van der Waals surface area contributed by atoms with Crippen LogP contribution in [0, 0.1) is 13.8 Å². The molecule has 1 aliphatic rings. The van der Waals surface area contributed by atoms with Gasteiger partial charge in [-0.15, -0.1) is 11.3 Å². The van der Waals surface area contributed by atoms with Gasteiger partial charge in [-0.2, -0.15) is 5.10 Å². The summed E-state index contributed by atoms with van der Waals surface area (Å²) < 4.78 is 6.85. The van der Waals surface area contributed by atoms with Crippen LogP contribution in [0.25, 0.3) is 21.5 Å². The molecule has 7 heteroatoms. The number of fused-ring (bicyclic) bond motifs is 2. The molecule has 5 rings (SSSR count). The number of furan rings is 1. The Hall–Kier alpha value is -2.67. The Labute approximate surface area is 148 Å². The number of nitrogens with zero attached hydrogens (tertiary/aromatic N) is 4. The number of hydrogen-bond acceptors (Lipinski definition) is 6. The number of thiophene rings is 1. The molecule has 0 aliphatic carbocycles. The van der Waals surface area contributed by atoms with Crippen LogP contribution in [0.15, 0.2) is 28.3 Å². The van der Waals surface area contributed by atoms with Crippen molar-refractivity contribution in [3.8, 4) is 11.3 Å². The zero-order valence-electron chi connectivity index (χ0n) is 14.0. The Kier molecular flexibility index (Phi) is 3.18. The van der Waals surface area contributed by atoms with Crippen LogP contribution in [0.5, 0.6) is 0 Å². The van der Waals surface area contributed by atoms with Crippen LogP contribution in [0.1, 0.15) is 22.8 Å². The molecular weight excluding hydrogens is 334 g/mol. The molecule has 0 bridgehead atoms. The van der Waals surface area contributed by atoms with Gasteiger partial charge in [0.1, 0.15) is 29.4 Å². The average molecular weight is 351 g/mol. The Morgan fingerprint density at radius 1 is 1.28 bits per heavy atom. The molecule has 0 unspecified atom stereocenters. The number of aryl methyl sites for hydroxylation is 2. The number of nitrogens with one attached hydrogen (secondary N) is 1. The minimum atomic E-state index is 0.787. The molecule has 4 aromatic heterocycles. The molecular formula is C18H17N5OS. The second-order valence-corrected chi connectivity index (χ2v) is 7.28. The van der Waals surface area contributed by atoms with E-state index in [2.05, 4.69) is 36.5 Å². The molecule has 126 valence electrons. The van der Waals surface area contributed by atoms with Crippen LogP contribution in [0.4, 0.5) is 5.82 Å². The van der Waals surface area contributed by atoms with Crippen LogP contribution in [-0.4, -0.2) is 26.7 Å². The second-order valence-electron chi connectivity index (χ2n) is 6.36. The molecule has 5 heterocycles. The van der Waals surface area contributed by atoms with Gasteiger partial charge in [-0.1, -0.05) is 0 Å². The molecule has 1 aliphatic heterocycles. The van der Waals surface area contributed by atoms with Gasteiger partial charge in [0.2, 0.25) is 0 Å². The van der Waals surface area contributed by atoms with Crippen molar-refractivity contribution in [1.82, 2.24) is 20.2 Å².